The van der Waals surface area contributed by atoms with E-state index >= 15 is 0 Å². The molecule has 3 heterocycles. The van der Waals surface area contributed by atoms with Crippen molar-refractivity contribution in [2.75, 3.05) is 5.32 Å². The minimum atomic E-state index is -0.375. The van der Waals surface area contributed by atoms with Gasteiger partial charge in [-0.2, -0.15) is 5.10 Å². The zero-order valence-corrected chi connectivity index (χ0v) is 15.7. The van der Waals surface area contributed by atoms with Crippen LogP contribution in [0.3, 0.4) is 0 Å². The molecule has 1 N–H and O–H groups in total. The standard InChI is InChI=1S/C18H17N9O2/c1-12-9-13(2)27(21-12)16-7-8-18(29)25(22-16)10-17(28)20-14-3-5-15(6-4-14)26-11-19-23-24-26/h3-9,11H,10H2,1-2H3,(H,20,28). The molecule has 1 amide bonds. The number of aryl methyl sites for hydroxylation is 2. The fourth-order valence-corrected chi connectivity index (χ4v) is 2.84. The second-order valence-corrected chi connectivity index (χ2v) is 6.38. The van der Waals surface area contributed by atoms with Gasteiger partial charge in [-0.3, -0.25) is 9.59 Å². The first kappa shape index (κ1) is 18.2. The van der Waals surface area contributed by atoms with Crippen molar-refractivity contribution in [2.24, 2.45) is 0 Å². The summed E-state index contributed by atoms with van der Waals surface area (Å²) in [4.78, 5) is 24.5. The van der Waals surface area contributed by atoms with E-state index in [2.05, 4.69) is 31.0 Å². The quantitative estimate of drug-likeness (QED) is 0.530. The van der Waals surface area contributed by atoms with Gasteiger partial charge in [0, 0.05) is 17.4 Å². The molecule has 3 aromatic heterocycles. The van der Waals surface area contributed by atoms with Gasteiger partial charge >= 0.3 is 0 Å². The van der Waals surface area contributed by atoms with Gasteiger partial charge in [-0.15, -0.1) is 10.2 Å². The summed E-state index contributed by atoms with van der Waals surface area (Å²) in [7, 11) is 0. The van der Waals surface area contributed by atoms with Crippen LogP contribution in [0, 0.1) is 13.8 Å². The summed E-state index contributed by atoms with van der Waals surface area (Å²) in [6.45, 7) is 3.54. The number of carbonyl (C=O) groups excluding carboxylic acids is 1. The molecular formula is C18H17N9O2. The zero-order valence-electron chi connectivity index (χ0n) is 15.7. The summed E-state index contributed by atoms with van der Waals surface area (Å²) >= 11 is 0. The predicted octanol–water partition coefficient (Wildman–Crippen LogP) is 0.660. The van der Waals surface area contributed by atoms with Crippen LogP contribution < -0.4 is 10.9 Å². The Labute approximate surface area is 164 Å². The summed E-state index contributed by atoms with van der Waals surface area (Å²) in [6, 6.07) is 11.8. The van der Waals surface area contributed by atoms with Crippen LogP contribution in [-0.2, 0) is 11.3 Å². The number of carbonyl (C=O) groups is 1. The van der Waals surface area contributed by atoms with Crippen LogP contribution in [0.25, 0.3) is 11.5 Å². The van der Waals surface area contributed by atoms with Crippen LogP contribution in [0.5, 0.6) is 0 Å². The van der Waals surface area contributed by atoms with Gasteiger partial charge in [0.2, 0.25) is 5.91 Å². The van der Waals surface area contributed by atoms with Crippen LogP contribution in [0.2, 0.25) is 0 Å². The predicted molar refractivity (Wildman–Crippen MR) is 103 cm³/mol. The SMILES string of the molecule is Cc1cc(C)n(-c2ccc(=O)n(CC(=O)Nc3ccc(-n4cnnn4)cc3)n2)n1. The van der Waals surface area contributed by atoms with Crippen molar-refractivity contribution in [2.45, 2.75) is 20.4 Å². The molecule has 29 heavy (non-hydrogen) atoms. The molecule has 0 saturated heterocycles. The minimum Gasteiger partial charge on any atom is -0.324 e. The fraction of sp³-hybridized carbons (Fsp3) is 0.167. The lowest BCUT2D eigenvalue weighted by Gasteiger charge is -2.09. The van der Waals surface area contributed by atoms with E-state index in [1.807, 2.05) is 19.9 Å². The average molecular weight is 391 g/mol. The van der Waals surface area contributed by atoms with E-state index in [4.69, 9.17) is 0 Å². The lowest BCUT2D eigenvalue weighted by Crippen LogP contribution is -2.30. The van der Waals surface area contributed by atoms with Gasteiger partial charge in [0.05, 0.1) is 11.4 Å². The molecule has 4 aromatic rings. The van der Waals surface area contributed by atoms with Crippen LogP contribution in [-0.4, -0.2) is 45.7 Å². The molecular weight excluding hydrogens is 374 g/mol. The maximum atomic E-state index is 12.4. The van der Waals surface area contributed by atoms with Crippen LogP contribution >= 0.6 is 0 Å². The second kappa shape index (κ2) is 7.46. The van der Waals surface area contributed by atoms with E-state index < -0.39 is 0 Å². The number of nitrogens with one attached hydrogen (secondary N) is 1. The van der Waals surface area contributed by atoms with Crippen molar-refractivity contribution >= 4 is 11.6 Å². The molecule has 0 saturated carbocycles. The molecule has 0 radical (unpaired) electrons. The van der Waals surface area contributed by atoms with Crippen molar-refractivity contribution in [3.05, 3.63) is 70.5 Å². The second-order valence-electron chi connectivity index (χ2n) is 6.38. The number of amides is 1. The Hall–Kier alpha value is -4.15. The van der Waals surface area contributed by atoms with E-state index in [-0.39, 0.29) is 18.0 Å². The number of aromatic nitrogens is 8. The number of benzene rings is 1. The lowest BCUT2D eigenvalue weighted by molar-refractivity contribution is -0.117. The Bertz CT molecular complexity index is 1210. The van der Waals surface area contributed by atoms with Crippen molar-refractivity contribution in [3.8, 4) is 11.5 Å². The van der Waals surface area contributed by atoms with Crippen molar-refractivity contribution in [1.82, 2.24) is 39.8 Å². The molecule has 1 aromatic carbocycles. The highest BCUT2D eigenvalue weighted by Crippen LogP contribution is 2.12. The van der Waals surface area contributed by atoms with E-state index in [0.29, 0.717) is 11.5 Å². The highest BCUT2D eigenvalue weighted by molar-refractivity contribution is 5.90. The Morgan fingerprint density at radius 1 is 1.07 bits per heavy atom. The number of hydrogen-bond donors (Lipinski definition) is 1. The summed E-state index contributed by atoms with van der Waals surface area (Å²) < 4.78 is 4.23. The van der Waals surface area contributed by atoms with Crippen LogP contribution in [0.1, 0.15) is 11.4 Å². The molecule has 0 unspecified atom stereocenters. The highest BCUT2D eigenvalue weighted by Gasteiger charge is 2.11. The monoisotopic (exact) mass is 391 g/mol. The number of tetrazole rings is 1. The summed E-state index contributed by atoms with van der Waals surface area (Å²) in [6.07, 6.45) is 1.47. The molecule has 11 heteroatoms. The van der Waals surface area contributed by atoms with Crippen molar-refractivity contribution in [3.63, 3.8) is 0 Å². The topological polar surface area (TPSA) is 125 Å². The molecule has 11 nitrogen and oxygen atoms in total. The lowest BCUT2D eigenvalue weighted by atomic mass is 10.3. The van der Waals surface area contributed by atoms with Crippen molar-refractivity contribution < 1.29 is 4.79 Å². The summed E-state index contributed by atoms with van der Waals surface area (Å²) in [5.74, 6) is 0.0917. The third-order valence-corrected chi connectivity index (χ3v) is 4.14. The number of hydrogen-bond acceptors (Lipinski definition) is 7. The largest absolute Gasteiger partial charge is 0.324 e. The highest BCUT2D eigenvalue weighted by atomic mass is 16.2. The minimum absolute atomic E-state index is 0.222. The number of anilines is 1. The van der Waals surface area contributed by atoms with Gasteiger partial charge in [-0.1, -0.05) is 0 Å². The zero-order chi connectivity index (χ0) is 20.4. The van der Waals surface area contributed by atoms with E-state index in [1.54, 1.807) is 35.0 Å². The van der Waals surface area contributed by atoms with E-state index in [0.717, 1.165) is 21.8 Å². The first-order valence-electron chi connectivity index (χ1n) is 8.75. The normalized spacial score (nSPS) is 10.8. The maximum absolute atomic E-state index is 12.4. The van der Waals surface area contributed by atoms with Gasteiger partial charge in [0.1, 0.15) is 12.9 Å². The molecule has 0 atom stereocenters. The third-order valence-electron chi connectivity index (χ3n) is 4.14. The Morgan fingerprint density at radius 3 is 2.52 bits per heavy atom. The van der Waals surface area contributed by atoms with Crippen molar-refractivity contribution in [1.29, 1.82) is 0 Å². The molecule has 0 aliphatic carbocycles. The number of rotatable bonds is 5. The molecule has 4 rings (SSSR count). The van der Waals surface area contributed by atoms with Gasteiger partial charge in [-0.25, -0.2) is 14.0 Å². The molecule has 0 aliphatic heterocycles. The summed E-state index contributed by atoms with van der Waals surface area (Å²) in [5.41, 5.74) is 2.68. The molecule has 0 bridgehead atoms. The molecule has 146 valence electrons. The third kappa shape index (κ3) is 3.93. The first-order valence-corrected chi connectivity index (χ1v) is 8.75. The number of nitrogens with zero attached hydrogens (tertiary/aromatic N) is 8. The molecule has 0 fully saturated rings. The molecule has 0 aliphatic rings. The van der Waals surface area contributed by atoms with Gasteiger partial charge in [0.15, 0.2) is 5.82 Å². The fourth-order valence-electron chi connectivity index (χ4n) is 2.84. The average Bonchev–Trinajstić information content (AvgIpc) is 3.34. The van der Waals surface area contributed by atoms with Gasteiger partial charge in [0.25, 0.3) is 5.56 Å². The summed E-state index contributed by atoms with van der Waals surface area (Å²) in [5, 5.41) is 22.3. The van der Waals surface area contributed by atoms with Gasteiger partial charge < -0.3 is 5.32 Å². The van der Waals surface area contributed by atoms with Gasteiger partial charge in [-0.05, 0) is 60.7 Å². The maximum Gasteiger partial charge on any atom is 0.267 e. The van der Waals surface area contributed by atoms with E-state index in [9.17, 15) is 9.59 Å². The Morgan fingerprint density at radius 2 is 1.86 bits per heavy atom. The molecule has 0 spiro atoms. The smallest absolute Gasteiger partial charge is 0.267 e. The Kier molecular flexibility index (Phi) is 4.69. The first-order chi connectivity index (χ1) is 14.0. The van der Waals surface area contributed by atoms with E-state index in [1.165, 1.54) is 17.1 Å². The Balaban J connectivity index is 1.49. The van der Waals surface area contributed by atoms with Crippen LogP contribution in [0.4, 0.5) is 5.69 Å². The van der Waals surface area contributed by atoms with Crippen LogP contribution in [0.15, 0.2) is 53.6 Å².